The molecule has 0 saturated carbocycles. The molecule has 0 radical (unpaired) electrons. The number of aliphatic hydroxyl groups excluding tert-OH is 2. The first kappa shape index (κ1) is 35.9. The van der Waals surface area contributed by atoms with E-state index in [-0.39, 0.29) is 44.6 Å². The number of ether oxygens (including phenoxy) is 4. The molecular weight excluding hydrogens is 548 g/mol. The van der Waals surface area contributed by atoms with Crippen molar-refractivity contribution in [3.63, 3.8) is 0 Å². The van der Waals surface area contributed by atoms with E-state index < -0.39 is 24.1 Å². The van der Waals surface area contributed by atoms with Crippen molar-refractivity contribution < 1.29 is 38.7 Å². The highest BCUT2D eigenvalue weighted by molar-refractivity contribution is 5.87. The number of hydrogen-bond donors (Lipinski definition) is 2. The average Bonchev–Trinajstić information content (AvgIpc) is 2.98. The molecule has 236 valence electrons. The maximum absolute atomic E-state index is 11.5. The molecule has 0 heterocycles. The second kappa shape index (κ2) is 18.4. The van der Waals surface area contributed by atoms with Crippen molar-refractivity contribution in [1.29, 1.82) is 0 Å². The van der Waals surface area contributed by atoms with Crippen LogP contribution in [0, 0.1) is 0 Å². The van der Waals surface area contributed by atoms with Crippen molar-refractivity contribution in [2.75, 3.05) is 26.4 Å². The molecule has 0 bridgehead atoms. The zero-order valence-electron chi connectivity index (χ0n) is 26.2. The van der Waals surface area contributed by atoms with Gasteiger partial charge in [-0.15, -0.1) is 0 Å². The van der Waals surface area contributed by atoms with Crippen molar-refractivity contribution in [2.24, 2.45) is 0 Å². The topological polar surface area (TPSA) is 112 Å². The highest BCUT2D eigenvalue weighted by Crippen LogP contribution is 2.29. The molecule has 0 amide bonds. The predicted molar refractivity (Wildman–Crippen MR) is 167 cm³/mol. The van der Waals surface area contributed by atoms with Gasteiger partial charge in [0.2, 0.25) is 0 Å². The van der Waals surface area contributed by atoms with E-state index >= 15 is 0 Å². The molecule has 0 saturated heterocycles. The van der Waals surface area contributed by atoms with Crippen molar-refractivity contribution in [3.8, 4) is 0 Å². The van der Waals surface area contributed by atoms with Gasteiger partial charge in [0.1, 0.15) is 25.4 Å². The summed E-state index contributed by atoms with van der Waals surface area (Å²) in [6.45, 7) is 16.1. The summed E-state index contributed by atoms with van der Waals surface area (Å²) in [4.78, 5) is 22.9. The lowest BCUT2D eigenvalue weighted by Crippen LogP contribution is -2.26. The summed E-state index contributed by atoms with van der Waals surface area (Å²) < 4.78 is 21.4. The van der Waals surface area contributed by atoms with Crippen LogP contribution in [0.5, 0.6) is 0 Å². The Morgan fingerprint density at radius 2 is 1.02 bits per heavy atom. The number of hydrogen-bond acceptors (Lipinski definition) is 8. The lowest BCUT2D eigenvalue weighted by atomic mass is 9.87. The van der Waals surface area contributed by atoms with Gasteiger partial charge in [0.05, 0.1) is 25.4 Å². The number of esters is 2. The molecule has 2 N–H and O–H groups in total. The molecule has 4 unspecified atom stereocenters. The van der Waals surface area contributed by atoms with E-state index in [4.69, 9.17) is 18.9 Å². The van der Waals surface area contributed by atoms with E-state index in [0.29, 0.717) is 24.0 Å². The molecule has 0 fully saturated rings. The fourth-order valence-corrected chi connectivity index (χ4v) is 4.45. The lowest BCUT2D eigenvalue weighted by Gasteiger charge is -2.19. The van der Waals surface area contributed by atoms with Gasteiger partial charge in [-0.25, -0.2) is 9.59 Å². The first-order chi connectivity index (χ1) is 20.4. The first-order valence-corrected chi connectivity index (χ1v) is 14.8. The molecular formula is C35H48O8. The molecule has 2 aromatic carbocycles. The Morgan fingerprint density at radius 1 is 0.674 bits per heavy atom. The maximum atomic E-state index is 11.5. The van der Waals surface area contributed by atoms with Gasteiger partial charge < -0.3 is 29.2 Å². The second-order valence-electron chi connectivity index (χ2n) is 11.2. The summed E-state index contributed by atoms with van der Waals surface area (Å²) in [5.74, 6) is -0.786. The third-order valence-electron chi connectivity index (χ3n) is 6.88. The van der Waals surface area contributed by atoms with Gasteiger partial charge in [0, 0.05) is 17.1 Å². The van der Waals surface area contributed by atoms with Gasteiger partial charge in [-0.05, 0) is 69.2 Å². The van der Waals surface area contributed by atoms with Crippen molar-refractivity contribution >= 4 is 11.9 Å². The van der Waals surface area contributed by atoms with Gasteiger partial charge in [0.15, 0.2) is 0 Å². The summed E-state index contributed by atoms with van der Waals surface area (Å²) >= 11 is 0. The molecule has 2 aromatic rings. The number of carbonyl (C=O) groups excluding carboxylic acids is 2. The highest BCUT2D eigenvalue weighted by Gasteiger charge is 2.16. The minimum atomic E-state index is -0.890. The largest absolute Gasteiger partial charge is 0.460 e. The smallest absolute Gasteiger partial charge is 0.333 e. The third-order valence-corrected chi connectivity index (χ3v) is 6.88. The maximum Gasteiger partial charge on any atom is 0.333 e. The van der Waals surface area contributed by atoms with Crippen LogP contribution in [0.25, 0.3) is 0 Å². The quantitative estimate of drug-likeness (QED) is 0.171. The summed E-state index contributed by atoms with van der Waals surface area (Å²) in [5, 5.41) is 20.0. The van der Waals surface area contributed by atoms with E-state index in [9.17, 15) is 19.8 Å². The summed E-state index contributed by atoms with van der Waals surface area (Å²) in [5.41, 5.74) is 5.33. The van der Waals surface area contributed by atoms with E-state index in [1.807, 2.05) is 13.8 Å². The summed E-state index contributed by atoms with van der Waals surface area (Å²) in [7, 11) is 0. The van der Waals surface area contributed by atoms with Crippen LogP contribution in [-0.4, -0.2) is 73.0 Å². The van der Waals surface area contributed by atoms with E-state index in [1.54, 1.807) is 13.8 Å². The number of benzene rings is 2. The monoisotopic (exact) mass is 596 g/mol. The van der Waals surface area contributed by atoms with Crippen LogP contribution in [0.3, 0.4) is 0 Å². The van der Waals surface area contributed by atoms with E-state index in [2.05, 4.69) is 68.6 Å². The molecule has 0 spiro atoms. The molecule has 0 aliphatic rings. The second-order valence-corrected chi connectivity index (χ2v) is 11.2. The third kappa shape index (κ3) is 13.3. The molecule has 8 nitrogen and oxygen atoms in total. The van der Waals surface area contributed by atoms with Crippen LogP contribution in [0.4, 0.5) is 0 Å². The molecule has 43 heavy (non-hydrogen) atoms. The van der Waals surface area contributed by atoms with Gasteiger partial charge in [-0.2, -0.15) is 0 Å². The standard InChI is InChI=1S/C35H48O8/c1-8-33(29-13-9-27(10-14-29)17-25(6)40-19-31(36)21-42-34(38)23(2)3)30-15-11-28(12-16-30)18-26(7)41-20-32(37)22-43-35(39)24(4)5/h9-16,25-26,31-33,36-37H,2,4,8,17-22H2,1,3,5-7H3. The van der Waals surface area contributed by atoms with Crippen LogP contribution < -0.4 is 0 Å². The van der Waals surface area contributed by atoms with Crippen LogP contribution in [-0.2, 0) is 41.4 Å². The molecule has 2 rings (SSSR count). The molecule has 8 heteroatoms. The zero-order chi connectivity index (χ0) is 31.9. The van der Waals surface area contributed by atoms with Crippen molar-refractivity contribution in [1.82, 2.24) is 0 Å². The predicted octanol–water partition coefficient (Wildman–Crippen LogP) is 5.08. The van der Waals surface area contributed by atoms with Crippen molar-refractivity contribution in [3.05, 3.63) is 95.1 Å². The SMILES string of the molecule is C=C(C)C(=O)OCC(O)COC(C)Cc1ccc(C(CC)c2ccc(CC(C)OCC(O)COC(=O)C(=C)C)cc2)cc1. The molecule has 0 aromatic heterocycles. The van der Waals surface area contributed by atoms with Gasteiger partial charge >= 0.3 is 11.9 Å². The van der Waals surface area contributed by atoms with Crippen LogP contribution >= 0.6 is 0 Å². The van der Waals surface area contributed by atoms with Gasteiger partial charge in [0.25, 0.3) is 0 Å². The fourth-order valence-electron chi connectivity index (χ4n) is 4.45. The van der Waals surface area contributed by atoms with E-state index in [1.165, 1.54) is 11.1 Å². The molecule has 0 aliphatic heterocycles. The van der Waals surface area contributed by atoms with Crippen LogP contribution in [0.15, 0.2) is 72.8 Å². The lowest BCUT2D eigenvalue weighted by molar-refractivity contribution is -0.144. The Morgan fingerprint density at radius 3 is 1.33 bits per heavy atom. The molecule has 4 atom stereocenters. The number of rotatable bonds is 19. The summed E-state index contributed by atoms with van der Waals surface area (Å²) in [6.07, 6.45) is 0.347. The zero-order valence-corrected chi connectivity index (χ0v) is 26.2. The first-order valence-electron chi connectivity index (χ1n) is 14.8. The number of carbonyl (C=O) groups is 2. The van der Waals surface area contributed by atoms with Crippen molar-refractivity contribution in [2.45, 2.75) is 84.2 Å². The average molecular weight is 597 g/mol. The fraction of sp³-hybridized carbons (Fsp3) is 0.486. The minimum absolute atomic E-state index is 0.0798. The van der Waals surface area contributed by atoms with Crippen LogP contribution in [0.2, 0.25) is 0 Å². The normalized spacial score (nSPS) is 14.7. The highest BCUT2D eigenvalue weighted by atomic mass is 16.6. The minimum Gasteiger partial charge on any atom is -0.460 e. The Hall–Kier alpha value is -3.30. The Balaban J connectivity index is 1.83. The summed E-state index contributed by atoms with van der Waals surface area (Å²) in [6, 6.07) is 17.1. The van der Waals surface area contributed by atoms with Gasteiger partial charge in [-0.3, -0.25) is 0 Å². The van der Waals surface area contributed by atoms with E-state index in [0.717, 1.165) is 17.5 Å². The van der Waals surface area contributed by atoms with Crippen LogP contribution in [0.1, 0.15) is 69.2 Å². The van der Waals surface area contributed by atoms with Gasteiger partial charge in [-0.1, -0.05) is 68.6 Å². The molecule has 0 aliphatic carbocycles. The Labute approximate surface area is 256 Å². The number of aliphatic hydroxyl groups is 2. The Bertz CT molecular complexity index is 1080. The Kier molecular flexibility index (Phi) is 15.3.